The third-order valence-electron chi connectivity index (χ3n) is 3.21. The lowest BCUT2D eigenvalue weighted by Gasteiger charge is -2.15. The van der Waals surface area contributed by atoms with E-state index < -0.39 is 0 Å². The van der Waals surface area contributed by atoms with Gasteiger partial charge in [-0.3, -0.25) is 4.79 Å². The minimum absolute atomic E-state index is 0.00212. The zero-order valence-electron chi connectivity index (χ0n) is 11.0. The van der Waals surface area contributed by atoms with Crippen LogP contribution < -0.4 is 5.56 Å². The van der Waals surface area contributed by atoms with Gasteiger partial charge in [-0.05, 0) is 30.5 Å². The maximum Gasteiger partial charge on any atom is 0.254 e. The fraction of sp³-hybridized carbons (Fsp3) is 0.357. The Hall–Kier alpha value is -2.15. The normalized spacial score (nSPS) is 10.9. The number of nitrogens with zero attached hydrogens (tertiary/aromatic N) is 3. The Labute approximate surface area is 106 Å². The van der Waals surface area contributed by atoms with Crippen LogP contribution in [0.4, 0.5) is 0 Å². The van der Waals surface area contributed by atoms with Gasteiger partial charge in [0, 0.05) is 12.6 Å². The number of nitriles is 1. The van der Waals surface area contributed by atoms with E-state index >= 15 is 0 Å². The average Bonchev–Trinajstić information content (AvgIpc) is 2.35. The zero-order chi connectivity index (χ0) is 13.4. The maximum absolute atomic E-state index is 12.1. The molecule has 0 radical (unpaired) electrons. The lowest BCUT2D eigenvalue weighted by Crippen LogP contribution is -2.22. The minimum atomic E-state index is -0.00212. The van der Waals surface area contributed by atoms with Gasteiger partial charge < -0.3 is 4.57 Å². The number of aryl methyl sites for hydroxylation is 1. The summed E-state index contributed by atoms with van der Waals surface area (Å²) in [5.74, 6) is 0.197. The fourth-order valence-corrected chi connectivity index (χ4v) is 2.34. The molecule has 2 aromatic rings. The highest BCUT2D eigenvalue weighted by atomic mass is 16.1. The van der Waals surface area contributed by atoms with Gasteiger partial charge in [-0.1, -0.05) is 13.8 Å². The molecule has 0 saturated heterocycles. The minimum Gasteiger partial charge on any atom is -0.310 e. The summed E-state index contributed by atoms with van der Waals surface area (Å²) in [6.07, 6.45) is 0. The molecule has 4 heteroatoms. The third kappa shape index (κ3) is 1.68. The largest absolute Gasteiger partial charge is 0.310 e. The first-order valence-corrected chi connectivity index (χ1v) is 5.87. The molecule has 0 aliphatic heterocycles. The molecule has 0 N–H and O–H groups in total. The van der Waals surface area contributed by atoms with Crippen molar-refractivity contribution in [1.29, 1.82) is 5.26 Å². The lowest BCUT2D eigenvalue weighted by atomic mass is 9.97. The third-order valence-corrected chi connectivity index (χ3v) is 3.21. The molecule has 0 unspecified atom stereocenters. The molecule has 18 heavy (non-hydrogen) atoms. The molecule has 0 aliphatic carbocycles. The summed E-state index contributed by atoms with van der Waals surface area (Å²) in [5.41, 5.74) is 3.55. The van der Waals surface area contributed by atoms with Crippen LogP contribution in [0.5, 0.6) is 0 Å². The molecule has 0 fully saturated rings. The van der Waals surface area contributed by atoms with Crippen molar-refractivity contribution in [2.24, 2.45) is 7.05 Å². The molecule has 0 aromatic carbocycles. The molecular weight excluding hydrogens is 226 g/mol. The summed E-state index contributed by atoms with van der Waals surface area (Å²) < 4.78 is 1.59. The molecule has 2 aromatic heterocycles. The second kappa shape index (κ2) is 4.26. The SMILES string of the molecule is Cc1c(C(C)C)c2nc(C#N)ccc2n(C)c1=O. The van der Waals surface area contributed by atoms with Crippen molar-refractivity contribution in [2.45, 2.75) is 26.7 Å². The van der Waals surface area contributed by atoms with Gasteiger partial charge in [0.15, 0.2) is 0 Å². The van der Waals surface area contributed by atoms with Gasteiger partial charge in [-0.15, -0.1) is 0 Å². The average molecular weight is 241 g/mol. The quantitative estimate of drug-likeness (QED) is 0.769. The van der Waals surface area contributed by atoms with Crippen LogP contribution in [0.2, 0.25) is 0 Å². The summed E-state index contributed by atoms with van der Waals surface area (Å²) in [7, 11) is 1.73. The molecule has 92 valence electrons. The summed E-state index contributed by atoms with van der Waals surface area (Å²) in [6.45, 7) is 5.88. The Morgan fingerprint density at radius 2 is 2.06 bits per heavy atom. The first-order valence-electron chi connectivity index (χ1n) is 5.87. The summed E-state index contributed by atoms with van der Waals surface area (Å²) in [5, 5.41) is 8.94. The van der Waals surface area contributed by atoms with Crippen LogP contribution in [0, 0.1) is 18.3 Å². The molecule has 0 bridgehead atoms. The van der Waals surface area contributed by atoms with Gasteiger partial charge in [0.25, 0.3) is 5.56 Å². The van der Waals surface area contributed by atoms with E-state index in [1.165, 1.54) is 0 Å². The number of hydrogen-bond donors (Lipinski definition) is 0. The maximum atomic E-state index is 12.1. The highest BCUT2D eigenvalue weighted by Crippen LogP contribution is 2.25. The first-order chi connectivity index (χ1) is 8.47. The molecular formula is C14H15N3O. The molecule has 2 rings (SSSR count). The number of rotatable bonds is 1. The summed E-state index contributed by atoms with van der Waals surface area (Å²) in [4.78, 5) is 16.5. The summed E-state index contributed by atoms with van der Waals surface area (Å²) in [6, 6.07) is 5.47. The van der Waals surface area contributed by atoms with E-state index in [1.54, 1.807) is 23.7 Å². The second-order valence-electron chi connectivity index (χ2n) is 4.73. The molecule has 4 nitrogen and oxygen atoms in total. The van der Waals surface area contributed by atoms with Crippen molar-refractivity contribution in [3.05, 3.63) is 39.3 Å². The van der Waals surface area contributed by atoms with Crippen molar-refractivity contribution in [1.82, 2.24) is 9.55 Å². The number of hydrogen-bond acceptors (Lipinski definition) is 3. The Kier molecular flexibility index (Phi) is 2.92. The predicted octanol–water partition coefficient (Wildman–Crippen LogP) is 2.24. The summed E-state index contributed by atoms with van der Waals surface area (Å²) >= 11 is 0. The Morgan fingerprint density at radius 1 is 1.39 bits per heavy atom. The number of pyridine rings is 2. The van der Waals surface area contributed by atoms with Crippen LogP contribution in [0.25, 0.3) is 11.0 Å². The van der Waals surface area contributed by atoms with Crippen molar-refractivity contribution < 1.29 is 0 Å². The van der Waals surface area contributed by atoms with Gasteiger partial charge in [-0.2, -0.15) is 5.26 Å². The Balaban J connectivity index is 3.04. The Bertz CT molecular complexity index is 720. The van der Waals surface area contributed by atoms with Crippen LogP contribution in [0.15, 0.2) is 16.9 Å². The first kappa shape index (κ1) is 12.3. The van der Waals surface area contributed by atoms with Gasteiger partial charge >= 0.3 is 0 Å². The van der Waals surface area contributed by atoms with E-state index in [1.807, 2.05) is 26.8 Å². The van der Waals surface area contributed by atoms with Crippen molar-refractivity contribution in [3.63, 3.8) is 0 Å². The van der Waals surface area contributed by atoms with Crippen LogP contribution in [-0.2, 0) is 7.05 Å². The van der Waals surface area contributed by atoms with Crippen LogP contribution in [0.1, 0.15) is 36.6 Å². The van der Waals surface area contributed by atoms with E-state index in [9.17, 15) is 4.79 Å². The van der Waals surface area contributed by atoms with Crippen molar-refractivity contribution >= 4 is 11.0 Å². The van der Waals surface area contributed by atoms with Crippen LogP contribution in [-0.4, -0.2) is 9.55 Å². The van der Waals surface area contributed by atoms with Crippen LogP contribution in [0.3, 0.4) is 0 Å². The highest BCUT2D eigenvalue weighted by molar-refractivity contribution is 5.80. The van der Waals surface area contributed by atoms with Gasteiger partial charge in [0.2, 0.25) is 0 Å². The number of aromatic nitrogens is 2. The van der Waals surface area contributed by atoms with E-state index in [0.29, 0.717) is 11.3 Å². The van der Waals surface area contributed by atoms with Crippen molar-refractivity contribution in [2.75, 3.05) is 0 Å². The van der Waals surface area contributed by atoms with E-state index in [0.717, 1.165) is 16.6 Å². The molecule has 2 heterocycles. The molecule has 0 atom stereocenters. The van der Waals surface area contributed by atoms with Gasteiger partial charge in [-0.25, -0.2) is 4.98 Å². The monoisotopic (exact) mass is 241 g/mol. The van der Waals surface area contributed by atoms with E-state index in [-0.39, 0.29) is 11.5 Å². The molecule has 0 amide bonds. The topological polar surface area (TPSA) is 58.7 Å². The predicted molar refractivity (Wildman–Crippen MR) is 70.5 cm³/mol. The molecule has 0 saturated carbocycles. The van der Waals surface area contributed by atoms with Gasteiger partial charge in [0.05, 0.1) is 11.0 Å². The van der Waals surface area contributed by atoms with E-state index in [4.69, 9.17) is 5.26 Å². The molecule has 0 spiro atoms. The molecule has 0 aliphatic rings. The smallest absolute Gasteiger partial charge is 0.254 e. The lowest BCUT2D eigenvalue weighted by molar-refractivity contribution is 0.824. The highest BCUT2D eigenvalue weighted by Gasteiger charge is 2.16. The Morgan fingerprint density at radius 3 is 2.61 bits per heavy atom. The fourth-order valence-electron chi connectivity index (χ4n) is 2.34. The van der Waals surface area contributed by atoms with Gasteiger partial charge in [0.1, 0.15) is 11.8 Å². The number of fused-ring (bicyclic) bond motifs is 1. The van der Waals surface area contributed by atoms with E-state index in [2.05, 4.69) is 4.98 Å². The zero-order valence-corrected chi connectivity index (χ0v) is 11.0. The standard InChI is InChI=1S/C14H15N3O/c1-8(2)12-9(3)14(18)17(4)11-6-5-10(7-15)16-13(11)12/h5-6,8H,1-4H3. The second-order valence-corrected chi connectivity index (χ2v) is 4.73. The van der Waals surface area contributed by atoms with Crippen LogP contribution >= 0.6 is 0 Å². The van der Waals surface area contributed by atoms with Crippen molar-refractivity contribution in [3.8, 4) is 6.07 Å².